The summed E-state index contributed by atoms with van der Waals surface area (Å²) in [5.41, 5.74) is 3.85. The summed E-state index contributed by atoms with van der Waals surface area (Å²) in [4.78, 5) is 23.9. The molecule has 1 saturated heterocycles. The smallest absolute Gasteiger partial charge is 0.247 e. The van der Waals surface area contributed by atoms with Crippen LogP contribution in [-0.2, 0) is 10.2 Å². The second-order valence-corrected chi connectivity index (χ2v) is 9.78. The van der Waals surface area contributed by atoms with E-state index in [1.54, 1.807) is 16.9 Å². The zero-order chi connectivity index (χ0) is 24.2. The fraction of sp³-hybridized carbons (Fsp3) is 0.308. The number of carbonyl (C=O) groups excluding carboxylic acids is 1. The summed E-state index contributed by atoms with van der Waals surface area (Å²) in [5, 5.41) is 20.7. The molecular weight excluding hydrogens is 442 g/mol. The summed E-state index contributed by atoms with van der Waals surface area (Å²) in [6.07, 6.45) is 4.35. The van der Waals surface area contributed by atoms with Crippen LogP contribution in [0.25, 0.3) is 5.65 Å². The fourth-order valence-electron chi connectivity index (χ4n) is 5.14. The zero-order valence-corrected chi connectivity index (χ0v) is 19.6. The molecule has 2 aliphatic rings. The molecule has 9 nitrogen and oxygen atoms in total. The number of fused-ring (bicyclic) bond motifs is 2. The van der Waals surface area contributed by atoms with Crippen molar-refractivity contribution in [3.63, 3.8) is 0 Å². The monoisotopic (exact) mass is 469 g/mol. The van der Waals surface area contributed by atoms with Gasteiger partial charge in [-0.05, 0) is 43.5 Å². The van der Waals surface area contributed by atoms with Crippen LogP contribution in [0.4, 0.5) is 23.1 Å². The van der Waals surface area contributed by atoms with Crippen molar-refractivity contribution >= 4 is 34.7 Å². The molecule has 6 rings (SSSR count). The van der Waals surface area contributed by atoms with Gasteiger partial charge in [-0.2, -0.15) is 4.98 Å². The van der Waals surface area contributed by atoms with Gasteiger partial charge >= 0.3 is 0 Å². The number of nitrogens with zero attached hydrogens (tertiary/aromatic N) is 5. The van der Waals surface area contributed by atoms with Gasteiger partial charge < -0.3 is 20.6 Å². The van der Waals surface area contributed by atoms with Crippen molar-refractivity contribution in [2.45, 2.75) is 31.7 Å². The Hall–Kier alpha value is -3.98. The summed E-state index contributed by atoms with van der Waals surface area (Å²) in [5.74, 6) is 1.33. The number of aromatic nitrogens is 4. The van der Waals surface area contributed by atoms with Crippen LogP contribution in [0.5, 0.6) is 0 Å². The van der Waals surface area contributed by atoms with Gasteiger partial charge in [0.05, 0.1) is 11.5 Å². The molecule has 2 atom stereocenters. The molecule has 3 N–H and O–H groups in total. The van der Waals surface area contributed by atoms with Gasteiger partial charge in [-0.1, -0.05) is 36.4 Å². The first-order valence-electron chi connectivity index (χ1n) is 11.8. The van der Waals surface area contributed by atoms with Crippen LogP contribution in [-0.4, -0.2) is 43.7 Å². The molecule has 2 aromatic heterocycles. The lowest BCUT2D eigenvalue weighted by Crippen LogP contribution is -2.26. The van der Waals surface area contributed by atoms with Crippen molar-refractivity contribution in [1.82, 2.24) is 19.6 Å². The second-order valence-electron chi connectivity index (χ2n) is 9.78. The van der Waals surface area contributed by atoms with E-state index in [0.717, 1.165) is 29.2 Å². The predicted molar refractivity (Wildman–Crippen MR) is 134 cm³/mol. The van der Waals surface area contributed by atoms with Crippen LogP contribution >= 0.6 is 0 Å². The Morgan fingerprint density at radius 1 is 1.20 bits per heavy atom. The number of anilines is 4. The number of amides is 1. The Bertz CT molecular complexity index is 1420. The van der Waals surface area contributed by atoms with E-state index in [-0.39, 0.29) is 24.5 Å². The Balaban J connectivity index is 1.33. The SMILES string of the molecule is CC1(C)C(=O)Nc2cc(Nc3nc4c(N5C[C@@H](CO)C[C@H]5c5ccccc5)nccn4n3)ccc21. The van der Waals surface area contributed by atoms with Gasteiger partial charge in [0, 0.05) is 42.8 Å². The largest absolute Gasteiger partial charge is 0.396 e. The Morgan fingerprint density at radius 3 is 2.83 bits per heavy atom. The van der Waals surface area contributed by atoms with Crippen molar-refractivity contribution < 1.29 is 9.90 Å². The predicted octanol–water partition coefficient (Wildman–Crippen LogP) is 3.66. The quantitative estimate of drug-likeness (QED) is 0.409. The van der Waals surface area contributed by atoms with E-state index in [4.69, 9.17) is 4.98 Å². The summed E-state index contributed by atoms with van der Waals surface area (Å²) >= 11 is 0. The summed E-state index contributed by atoms with van der Waals surface area (Å²) in [7, 11) is 0. The molecule has 0 radical (unpaired) electrons. The number of aliphatic hydroxyl groups is 1. The van der Waals surface area contributed by atoms with Crippen LogP contribution in [0.2, 0.25) is 0 Å². The fourth-order valence-corrected chi connectivity index (χ4v) is 5.14. The molecule has 0 spiro atoms. The molecule has 35 heavy (non-hydrogen) atoms. The minimum absolute atomic E-state index is 0.00834. The highest BCUT2D eigenvalue weighted by atomic mass is 16.3. The van der Waals surface area contributed by atoms with Gasteiger partial charge in [-0.25, -0.2) is 9.50 Å². The van der Waals surface area contributed by atoms with Gasteiger partial charge in [0.2, 0.25) is 11.9 Å². The number of nitrogens with one attached hydrogen (secondary N) is 2. The van der Waals surface area contributed by atoms with E-state index in [1.807, 2.05) is 50.2 Å². The maximum absolute atomic E-state index is 12.3. The van der Waals surface area contributed by atoms with Crippen LogP contribution in [0.15, 0.2) is 60.9 Å². The highest BCUT2D eigenvalue weighted by molar-refractivity contribution is 6.06. The van der Waals surface area contributed by atoms with Crippen molar-refractivity contribution in [2.24, 2.45) is 5.92 Å². The topological polar surface area (TPSA) is 108 Å². The first kappa shape index (κ1) is 21.5. The Morgan fingerprint density at radius 2 is 2.03 bits per heavy atom. The number of carbonyl (C=O) groups is 1. The van der Waals surface area contributed by atoms with Crippen molar-refractivity contribution in [2.75, 3.05) is 28.7 Å². The number of hydrogen-bond donors (Lipinski definition) is 3. The highest BCUT2D eigenvalue weighted by Crippen LogP contribution is 2.40. The van der Waals surface area contributed by atoms with E-state index in [0.29, 0.717) is 18.1 Å². The van der Waals surface area contributed by atoms with Gasteiger partial charge in [-0.15, -0.1) is 5.10 Å². The van der Waals surface area contributed by atoms with Crippen molar-refractivity contribution in [1.29, 1.82) is 0 Å². The number of aliphatic hydroxyl groups excluding tert-OH is 1. The van der Waals surface area contributed by atoms with E-state index in [2.05, 4.69) is 37.7 Å². The molecule has 1 fully saturated rings. The highest BCUT2D eigenvalue weighted by Gasteiger charge is 2.38. The summed E-state index contributed by atoms with van der Waals surface area (Å²) in [6.45, 7) is 4.66. The first-order chi connectivity index (χ1) is 16.9. The molecule has 0 aliphatic carbocycles. The van der Waals surface area contributed by atoms with Crippen LogP contribution in [0.1, 0.15) is 37.4 Å². The Kier molecular flexibility index (Phi) is 4.96. The normalized spacial score (nSPS) is 20.8. The molecule has 4 heterocycles. The number of benzene rings is 2. The maximum Gasteiger partial charge on any atom is 0.247 e. The molecule has 1 amide bonds. The average molecular weight is 470 g/mol. The van der Waals surface area contributed by atoms with Gasteiger partial charge in [0.25, 0.3) is 0 Å². The molecule has 0 unspecified atom stereocenters. The van der Waals surface area contributed by atoms with Crippen LogP contribution < -0.4 is 15.5 Å². The van der Waals surface area contributed by atoms with Gasteiger partial charge in [-0.3, -0.25) is 4.79 Å². The molecular formula is C26H27N7O2. The molecule has 0 bridgehead atoms. The van der Waals surface area contributed by atoms with E-state index in [1.165, 1.54) is 5.56 Å². The van der Waals surface area contributed by atoms with E-state index < -0.39 is 5.41 Å². The van der Waals surface area contributed by atoms with Gasteiger partial charge in [0.1, 0.15) is 0 Å². The van der Waals surface area contributed by atoms with Crippen molar-refractivity contribution in [3.8, 4) is 0 Å². The Labute approximate surface area is 202 Å². The summed E-state index contributed by atoms with van der Waals surface area (Å²) < 4.78 is 1.72. The standard InChI is InChI=1S/C26H27N7O2/c1-26(2)19-9-8-18(13-20(19)29-24(26)35)28-25-30-23-22(27-10-11-33(23)31-25)32-14-16(15-34)12-21(32)17-6-4-3-5-7-17/h3-11,13,16,21,34H,12,14-15H2,1-2H3,(H,28,31)(H,29,35)/t16-,21-/m0/s1. The molecule has 4 aromatic rings. The third-order valence-electron chi connectivity index (χ3n) is 7.10. The number of rotatable bonds is 5. The molecule has 2 aromatic carbocycles. The molecule has 9 heteroatoms. The van der Waals surface area contributed by atoms with E-state index in [9.17, 15) is 9.90 Å². The first-order valence-corrected chi connectivity index (χ1v) is 11.8. The summed E-state index contributed by atoms with van der Waals surface area (Å²) in [6, 6.07) is 16.2. The van der Waals surface area contributed by atoms with Crippen molar-refractivity contribution in [3.05, 3.63) is 72.1 Å². The molecule has 0 saturated carbocycles. The van der Waals surface area contributed by atoms with Gasteiger partial charge in [0.15, 0.2) is 11.5 Å². The average Bonchev–Trinajstić information content (AvgIpc) is 3.53. The third kappa shape index (κ3) is 3.59. The number of hydrogen-bond acceptors (Lipinski definition) is 7. The van der Waals surface area contributed by atoms with Crippen LogP contribution in [0.3, 0.4) is 0 Å². The lowest BCUT2D eigenvalue weighted by molar-refractivity contribution is -0.119. The lowest BCUT2D eigenvalue weighted by Gasteiger charge is -2.26. The maximum atomic E-state index is 12.3. The third-order valence-corrected chi connectivity index (χ3v) is 7.10. The zero-order valence-electron chi connectivity index (χ0n) is 19.6. The molecule has 178 valence electrons. The van der Waals surface area contributed by atoms with Crippen LogP contribution in [0, 0.1) is 5.92 Å². The second kappa shape index (κ2) is 8.06. The minimum atomic E-state index is -0.548. The minimum Gasteiger partial charge on any atom is -0.396 e. The van der Waals surface area contributed by atoms with E-state index >= 15 is 0 Å². The lowest BCUT2D eigenvalue weighted by atomic mass is 9.86. The molecule has 2 aliphatic heterocycles.